The lowest BCUT2D eigenvalue weighted by Gasteiger charge is -2.30. The van der Waals surface area contributed by atoms with Crippen molar-refractivity contribution >= 4 is 59.1 Å². The molecule has 1 aromatic heterocycles. The molecule has 0 saturated heterocycles. The van der Waals surface area contributed by atoms with Crippen LogP contribution < -0.4 is 44.6 Å². The molecule has 18 nitrogen and oxygen atoms in total. The zero-order valence-corrected chi connectivity index (χ0v) is 33.4. The third-order valence-electron chi connectivity index (χ3n) is 8.77. The number of nitrogens with one attached hydrogen (secondary N) is 3. The van der Waals surface area contributed by atoms with Crippen LogP contribution in [0.5, 0.6) is 0 Å². The lowest BCUT2D eigenvalue weighted by molar-refractivity contribution is -0.148. The second kappa shape index (κ2) is 23.2. The first-order valence-electron chi connectivity index (χ1n) is 18.9. The molecule has 1 heterocycles. The molecule has 13 N–H and O–H groups in total. The van der Waals surface area contributed by atoms with Crippen LogP contribution in [0.4, 0.5) is 5.69 Å². The number of carbonyl (C=O) groups excluding carboxylic acids is 6. The Kier molecular flexibility index (Phi) is 18.2. The van der Waals surface area contributed by atoms with Gasteiger partial charge in [-0.3, -0.25) is 43.6 Å². The number of hydrogen-bond acceptors (Lipinski definition) is 9. The van der Waals surface area contributed by atoms with Gasteiger partial charge in [0.05, 0.1) is 5.69 Å². The molecule has 2 aromatic carbocycles. The SMILES string of the molecule is CC(=O)N(C(=O)/C=C/c1ccccc1)[C@H](Cc1cccnc1)C(=O)NC(Cc1ccc(N=C(N)N)cc1)C(=O)NC(CC(C)C)C(=O)NC(CCCN=C(N)N)C(N)=O. The van der Waals surface area contributed by atoms with Crippen molar-refractivity contribution in [1.82, 2.24) is 25.8 Å². The molecule has 0 radical (unpaired) electrons. The van der Waals surface area contributed by atoms with E-state index in [0.717, 1.165) is 11.8 Å². The van der Waals surface area contributed by atoms with E-state index in [4.69, 9.17) is 28.7 Å². The predicted molar refractivity (Wildman–Crippen MR) is 225 cm³/mol. The van der Waals surface area contributed by atoms with Crippen molar-refractivity contribution in [3.05, 3.63) is 102 Å². The van der Waals surface area contributed by atoms with Gasteiger partial charge in [-0.1, -0.05) is 62.4 Å². The number of nitrogens with zero attached hydrogens (tertiary/aromatic N) is 4. The first-order chi connectivity index (χ1) is 28.0. The van der Waals surface area contributed by atoms with E-state index in [2.05, 4.69) is 30.9 Å². The highest BCUT2D eigenvalue weighted by Gasteiger charge is 2.36. The summed E-state index contributed by atoms with van der Waals surface area (Å²) >= 11 is 0. The molecular weight excluding hydrogens is 757 g/mol. The smallest absolute Gasteiger partial charge is 0.253 e. The number of primary amides is 1. The van der Waals surface area contributed by atoms with Gasteiger partial charge in [-0.05, 0) is 66.1 Å². The number of aromatic nitrogens is 1. The molecule has 0 spiro atoms. The van der Waals surface area contributed by atoms with Crippen molar-refractivity contribution in [3.63, 3.8) is 0 Å². The topological polar surface area (TPSA) is 309 Å². The normalized spacial score (nSPS) is 12.9. The van der Waals surface area contributed by atoms with E-state index >= 15 is 0 Å². The Labute approximate surface area is 343 Å². The molecule has 59 heavy (non-hydrogen) atoms. The van der Waals surface area contributed by atoms with Crippen LogP contribution in [0.3, 0.4) is 0 Å². The van der Waals surface area contributed by atoms with E-state index < -0.39 is 59.6 Å². The second-order valence-electron chi connectivity index (χ2n) is 14.1. The van der Waals surface area contributed by atoms with E-state index in [1.54, 1.807) is 60.7 Å². The van der Waals surface area contributed by atoms with Crippen molar-refractivity contribution in [2.75, 3.05) is 6.54 Å². The summed E-state index contributed by atoms with van der Waals surface area (Å²) in [5.41, 5.74) is 29.6. The third kappa shape index (κ3) is 16.1. The van der Waals surface area contributed by atoms with Gasteiger partial charge in [0.2, 0.25) is 29.5 Å². The van der Waals surface area contributed by atoms with Gasteiger partial charge in [0.15, 0.2) is 11.9 Å². The molecule has 314 valence electrons. The van der Waals surface area contributed by atoms with Crippen LogP contribution in [-0.4, -0.2) is 88.0 Å². The molecule has 6 amide bonds. The summed E-state index contributed by atoms with van der Waals surface area (Å²) in [6, 6.07) is 13.7. The molecule has 0 aliphatic carbocycles. The molecule has 3 unspecified atom stereocenters. The van der Waals surface area contributed by atoms with E-state index in [-0.39, 0.29) is 50.1 Å². The average molecular weight is 811 g/mol. The Hall–Kier alpha value is -7.11. The monoisotopic (exact) mass is 810 g/mol. The molecule has 3 rings (SSSR count). The van der Waals surface area contributed by atoms with E-state index in [1.165, 1.54) is 24.5 Å². The number of carbonyl (C=O) groups is 6. The number of hydrogen-bond donors (Lipinski definition) is 8. The van der Waals surface area contributed by atoms with Crippen LogP contribution in [0.1, 0.15) is 56.7 Å². The van der Waals surface area contributed by atoms with Gasteiger partial charge in [0, 0.05) is 44.8 Å². The zero-order chi connectivity index (χ0) is 43.5. The molecule has 0 aliphatic rings. The van der Waals surface area contributed by atoms with Crippen molar-refractivity contribution in [2.24, 2.45) is 44.6 Å². The van der Waals surface area contributed by atoms with Gasteiger partial charge in [0.1, 0.15) is 24.2 Å². The highest BCUT2D eigenvalue weighted by molar-refractivity contribution is 6.06. The Morgan fingerprint density at radius 1 is 0.746 bits per heavy atom. The molecule has 0 fully saturated rings. The van der Waals surface area contributed by atoms with Crippen molar-refractivity contribution in [2.45, 2.75) is 77.0 Å². The minimum Gasteiger partial charge on any atom is -0.370 e. The maximum Gasteiger partial charge on any atom is 0.253 e. The number of aliphatic imine (C=N–C) groups is 2. The molecule has 0 bridgehead atoms. The summed E-state index contributed by atoms with van der Waals surface area (Å²) in [6.07, 6.45) is 6.10. The largest absolute Gasteiger partial charge is 0.370 e. The fourth-order valence-corrected chi connectivity index (χ4v) is 5.99. The van der Waals surface area contributed by atoms with Crippen LogP contribution in [-0.2, 0) is 41.6 Å². The number of pyridine rings is 1. The van der Waals surface area contributed by atoms with Crippen molar-refractivity contribution in [3.8, 4) is 0 Å². The van der Waals surface area contributed by atoms with Crippen LogP contribution in [0.25, 0.3) is 6.08 Å². The number of benzene rings is 2. The molecular formula is C41H54N12O6. The van der Waals surface area contributed by atoms with Crippen molar-refractivity contribution < 1.29 is 28.8 Å². The minimum atomic E-state index is -1.44. The first-order valence-corrected chi connectivity index (χ1v) is 18.9. The second-order valence-corrected chi connectivity index (χ2v) is 14.1. The molecule has 0 aliphatic heterocycles. The highest BCUT2D eigenvalue weighted by Crippen LogP contribution is 2.17. The summed E-state index contributed by atoms with van der Waals surface area (Å²) in [7, 11) is 0. The summed E-state index contributed by atoms with van der Waals surface area (Å²) in [5.74, 6) is -4.96. The summed E-state index contributed by atoms with van der Waals surface area (Å²) < 4.78 is 0. The standard InChI is InChI=1S/C41H54N12O6/c1-25(2)21-32(37(57)50-31(36(42)56)12-8-20-48-40(43)44)51-38(58)33(22-28-13-16-30(17-14-28)49-41(45)46)52-39(59)34(23-29-11-7-19-47-24-29)53(26(3)54)35(55)18-15-27-9-5-4-6-10-27/h4-7,9-11,13-19,24-25,31-34H,8,12,20-23H2,1-3H3,(H2,42,56)(H,50,57)(H,51,58)(H,52,59)(H4,43,44,48)(H4,45,46,49)/b18-15+/t31?,32?,33?,34-/m1/s1. The lowest BCUT2D eigenvalue weighted by Crippen LogP contribution is -2.59. The van der Waals surface area contributed by atoms with E-state index in [0.29, 0.717) is 28.8 Å². The Morgan fingerprint density at radius 2 is 1.39 bits per heavy atom. The number of nitrogens with two attached hydrogens (primary N) is 5. The average Bonchev–Trinajstić information content (AvgIpc) is 3.18. The van der Waals surface area contributed by atoms with Gasteiger partial charge >= 0.3 is 0 Å². The maximum absolute atomic E-state index is 14.5. The highest BCUT2D eigenvalue weighted by atomic mass is 16.2. The lowest BCUT2D eigenvalue weighted by atomic mass is 9.99. The van der Waals surface area contributed by atoms with Crippen LogP contribution in [0.2, 0.25) is 0 Å². The fourth-order valence-electron chi connectivity index (χ4n) is 5.99. The van der Waals surface area contributed by atoms with Gasteiger partial charge in [-0.15, -0.1) is 0 Å². The quantitative estimate of drug-likeness (QED) is 0.0313. The number of amides is 6. The Bertz CT molecular complexity index is 1980. The number of imide groups is 1. The summed E-state index contributed by atoms with van der Waals surface area (Å²) in [4.78, 5) is 94.5. The van der Waals surface area contributed by atoms with Gasteiger partial charge in [-0.2, -0.15) is 0 Å². The summed E-state index contributed by atoms with van der Waals surface area (Å²) in [5, 5.41) is 8.11. The predicted octanol–water partition coefficient (Wildman–Crippen LogP) is 0.268. The molecule has 3 aromatic rings. The van der Waals surface area contributed by atoms with Crippen LogP contribution in [0, 0.1) is 5.92 Å². The van der Waals surface area contributed by atoms with E-state index in [9.17, 15) is 28.8 Å². The van der Waals surface area contributed by atoms with Crippen LogP contribution >= 0.6 is 0 Å². The first kappa shape index (κ1) is 46.3. The Morgan fingerprint density at radius 3 is 1.97 bits per heavy atom. The zero-order valence-electron chi connectivity index (χ0n) is 33.4. The fraction of sp³-hybridized carbons (Fsp3) is 0.341. The van der Waals surface area contributed by atoms with Gasteiger partial charge in [-0.25, -0.2) is 4.99 Å². The third-order valence-corrected chi connectivity index (χ3v) is 8.77. The van der Waals surface area contributed by atoms with Gasteiger partial charge in [0.25, 0.3) is 5.91 Å². The summed E-state index contributed by atoms with van der Waals surface area (Å²) in [6.45, 7) is 5.04. The Balaban J connectivity index is 2.01. The molecule has 18 heteroatoms. The minimum absolute atomic E-state index is 0.105. The number of rotatable bonds is 21. The maximum atomic E-state index is 14.5. The molecule has 4 atom stereocenters. The molecule has 0 saturated carbocycles. The number of guanidine groups is 2. The van der Waals surface area contributed by atoms with Crippen LogP contribution in [0.15, 0.2) is 95.2 Å². The van der Waals surface area contributed by atoms with Gasteiger partial charge < -0.3 is 44.6 Å². The van der Waals surface area contributed by atoms with Crippen molar-refractivity contribution in [1.29, 1.82) is 0 Å². The van der Waals surface area contributed by atoms with E-state index in [1.807, 2.05) is 19.9 Å².